The van der Waals surface area contributed by atoms with Crippen LogP contribution < -0.4 is 32.0 Å². The highest BCUT2D eigenvalue weighted by atomic mass is 19.1. The lowest BCUT2D eigenvalue weighted by Gasteiger charge is -2.28. The minimum atomic E-state index is -0.592. The number of methoxy groups -OCH3 is 2. The molecule has 20 heteroatoms. The third-order valence-electron chi connectivity index (χ3n) is 11.4. The molecule has 6 aromatic rings. The maximum absolute atomic E-state index is 14.4. The number of ether oxygens (including phenoxy) is 3. The van der Waals surface area contributed by atoms with Crippen molar-refractivity contribution in [3.8, 4) is 34.3 Å². The second kappa shape index (κ2) is 22.7. The van der Waals surface area contributed by atoms with E-state index < -0.39 is 11.7 Å². The van der Waals surface area contributed by atoms with Crippen LogP contribution in [-0.4, -0.2) is 93.5 Å². The zero-order valence-electron chi connectivity index (χ0n) is 40.8. The number of carbonyl (C=O) groups excluding carboxylic acids is 1. The molecule has 0 saturated heterocycles. The quantitative estimate of drug-likeness (QED) is 0.0644. The van der Waals surface area contributed by atoms with E-state index in [2.05, 4.69) is 45.5 Å². The molecular formula is C51H58F2N12O6. The fourth-order valence-electron chi connectivity index (χ4n) is 8.63. The second-order valence-electron chi connectivity index (χ2n) is 17.7. The fraction of sp³-hybridized carbons (Fsp3) is 0.353. The summed E-state index contributed by atoms with van der Waals surface area (Å²) in [5, 5.41) is 11.4. The number of anilines is 2. The summed E-state index contributed by atoms with van der Waals surface area (Å²) in [4.78, 5) is 49.5. The van der Waals surface area contributed by atoms with Crippen molar-refractivity contribution in [1.82, 2.24) is 35.2 Å². The van der Waals surface area contributed by atoms with E-state index in [1.807, 2.05) is 38.1 Å². The summed E-state index contributed by atoms with van der Waals surface area (Å²) in [5.74, 6) is 0.403. The van der Waals surface area contributed by atoms with Crippen molar-refractivity contribution in [2.75, 3.05) is 52.0 Å². The van der Waals surface area contributed by atoms with Crippen LogP contribution in [0, 0.1) is 25.5 Å². The van der Waals surface area contributed by atoms with Crippen molar-refractivity contribution in [3.05, 3.63) is 129 Å². The first kappa shape index (κ1) is 51.0. The zero-order valence-corrected chi connectivity index (χ0v) is 40.8. The van der Waals surface area contributed by atoms with Gasteiger partial charge in [-0.3, -0.25) is 0 Å². The Morgan fingerprint density at radius 3 is 1.58 bits per heavy atom. The number of benzene rings is 2. The van der Waals surface area contributed by atoms with Crippen LogP contribution in [0.4, 0.5) is 25.5 Å². The van der Waals surface area contributed by atoms with Gasteiger partial charge in [0.05, 0.1) is 66.4 Å². The predicted octanol–water partition coefficient (Wildman–Crippen LogP) is 7.54. The maximum Gasteiger partial charge on any atom is 0.407 e. The van der Waals surface area contributed by atoms with Crippen LogP contribution >= 0.6 is 0 Å². The molecule has 2 aliphatic carbocycles. The molecule has 2 aliphatic rings. The summed E-state index contributed by atoms with van der Waals surface area (Å²) in [5.41, 5.74) is 27.2. The van der Waals surface area contributed by atoms with E-state index in [1.54, 1.807) is 52.1 Å². The number of nitrogens with two attached hydrogens (primary N) is 3. The molecule has 0 aliphatic heterocycles. The van der Waals surface area contributed by atoms with E-state index in [1.165, 1.54) is 31.4 Å². The van der Waals surface area contributed by atoms with Gasteiger partial charge in [-0.2, -0.15) is 0 Å². The second-order valence-corrected chi connectivity index (χ2v) is 17.7. The Labute approximate surface area is 410 Å². The lowest BCUT2D eigenvalue weighted by Crippen LogP contribution is -2.34. The molecule has 8 rings (SSSR count). The van der Waals surface area contributed by atoms with Gasteiger partial charge in [0.15, 0.2) is 0 Å². The highest BCUT2D eigenvalue weighted by Crippen LogP contribution is 2.40. The number of alkyl carbamates (subject to hydrolysis) is 1. The van der Waals surface area contributed by atoms with Gasteiger partial charge < -0.3 is 46.4 Å². The van der Waals surface area contributed by atoms with Gasteiger partial charge in [0.25, 0.3) is 0 Å². The molecule has 0 fully saturated rings. The Morgan fingerprint density at radius 2 is 1.14 bits per heavy atom. The average Bonchev–Trinajstić information content (AvgIpc) is 3.33. The molecule has 0 radical (unpaired) electrons. The number of carbonyl (C=O) groups is 1. The molecule has 0 bridgehead atoms. The highest BCUT2D eigenvalue weighted by Gasteiger charge is 2.33. The Balaban J connectivity index is 0.000000213. The summed E-state index contributed by atoms with van der Waals surface area (Å²) in [6, 6.07) is 20.2. The van der Waals surface area contributed by atoms with Crippen LogP contribution in [0.1, 0.15) is 90.5 Å². The Kier molecular flexibility index (Phi) is 16.3. The lowest BCUT2D eigenvalue weighted by molar-refractivity contribution is 0.0501. The van der Waals surface area contributed by atoms with Crippen LogP contribution in [-0.2, 0) is 27.3 Å². The number of aryl methyl sites for hydroxylation is 2. The van der Waals surface area contributed by atoms with Gasteiger partial charge in [-0.25, -0.2) is 43.5 Å². The third kappa shape index (κ3) is 12.9. The number of nitrogens with zero attached hydrogens (tertiary/aromatic N) is 8. The number of rotatable bonds is 13. The first-order valence-electron chi connectivity index (χ1n) is 23.0. The molecule has 2 aromatic carbocycles. The summed E-state index contributed by atoms with van der Waals surface area (Å²) >= 11 is 0. The van der Waals surface area contributed by atoms with Crippen LogP contribution in [0.5, 0.6) is 11.8 Å². The van der Waals surface area contributed by atoms with Gasteiger partial charge in [0.1, 0.15) is 30.4 Å². The van der Waals surface area contributed by atoms with E-state index in [9.17, 15) is 13.6 Å². The van der Waals surface area contributed by atoms with Crippen molar-refractivity contribution in [1.29, 1.82) is 0 Å². The minimum absolute atomic E-state index is 0.0416. The molecule has 71 heavy (non-hydrogen) atoms. The number of halogens is 2. The maximum atomic E-state index is 14.4. The van der Waals surface area contributed by atoms with Crippen molar-refractivity contribution < 1.29 is 37.5 Å². The van der Waals surface area contributed by atoms with Crippen LogP contribution in [0.25, 0.3) is 22.5 Å². The van der Waals surface area contributed by atoms with Crippen molar-refractivity contribution in [3.63, 3.8) is 0 Å². The largest absolute Gasteiger partial charge is 0.481 e. The lowest BCUT2D eigenvalue weighted by atomic mass is 9.79. The standard InChI is InChI=1S/C28H33FN6O4.C23H25FN6O2/c1-16-25-22(34-26(30)32-16)13-17(14-23(25)35-38-12-11-31-27(36)39-28(2,3)4)19-10-9-18(29)15-20(19)21-7-6-8-24(33-21)37-5;1-13-22-19(29-23(26)27-13)10-14(11-20(22)30-32-9-8-25)16-7-6-15(24)12-17(16)18-4-3-5-21(28-18)31-2/h6-10,15,17H,11-14H2,1-5H3,(H,31,36)(H2,30,32,34);3-7,12,14H,8-11,25H2,1-2H3,(H2,26,27,29)/b35-23+;30-20+. The van der Waals surface area contributed by atoms with Crippen LogP contribution in [0.2, 0.25) is 0 Å². The number of hydrogen-bond donors (Lipinski definition) is 4. The van der Waals surface area contributed by atoms with Gasteiger partial charge >= 0.3 is 6.09 Å². The van der Waals surface area contributed by atoms with E-state index in [0.717, 1.165) is 45.0 Å². The smallest absolute Gasteiger partial charge is 0.407 e. The van der Waals surface area contributed by atoms with E-state index >= 15 is 0 Å². The van der Waals surface area contributed by atoms with Gasteiger partial charge in [0.2, 0.25) is 23.7 Å². The molecular weight excluding hydrogens is 915 g/mol. The van der Waals surface area contributed by atoms with E-state index in [-0.39, 0.29) is 48.5 Å². The molecule has 4 heterocycles. The Hall–Kier alpha value is -7.87. The van der Waals surface area contributed by atoms with Crippen molar-refractivity contribution >= 4 is 29.4 Å². The summed E-state index contributed by atoms with van der Waals surface area (Å²) in [6.07, 6.45) is 1.67. The number of aromatic nitrogens is 6. The molecule has 4 aromatic heterocycles. The minimum Gasteiger partial charge on any atom is -0.481 e. The molecule has 2 unspecified atom stereocenters. The van der Waals surface area contributed by atoms with Gasteiger partial charge in [0, 0.05) is 53.8 Å². The number of amides is 1. The fourth-order valence-corrected chi connectivity index (χ4v) is 8.63. The zero-order chi connectivity index (χ0) is 50.8. The van der Waals surface area contributed by atoms with Crippen LogP contribution in [0.15, 0.2) is 83.1 Å². The SMILES string of the molecule is COc1cccc(-c2cc(F)ccc2C2C/C(=N\OCCN)c3c(C)nc(N)nc3C2)n1.COc1cccc(-c2cc(F)ccc2C2C/C(=N\OCCNC(=O)OC(C)(C)C)c3c(C)nc(N)nc3C2)n1. The molecule has 0 spiro atoms. The summed E-state index contributed by atoms with van der Waals surface area (Å²) in [6.45, 7) is 10.1. The number of nitrogens with one attached hydrogen (secondary N) is 1. The molecule has 1 amide bonds. The van der Waals surface area contributed by atoms with E-state index in [0.29, 0.717) is 84.5 Å². The van der Waals surface area contributed by atoms with Gasteiger partial charge in [-0.05, 0) is 107 Å². The summed E-state index contributed by atoms with van der Waals surface area (Å²) < 4.78 is 44.4. The predicted molar refractivity (Wildman–Crippen MR) is 265 cm³/mol. The van der Waals surface area contributed by atoms with Gasteiger partial charge in [-0.15, -0.1) is 0 Å². The first-order valence-corrected chi connectivity index (χ1v) is 23.0. The molecule has 0 saturated carbocycles. The number of nitrogen functional groups attached to an aromatic ring is 2. The Bertz CT molecular complexity index is 2950. The number of oxime groups is 2. The Morgan fingerprint density at radius 1 is 0.676 bits per heavy atom. The monoisotopic (exact) mass is 972 g/mol. The molecule has 18 nitrogen and oxygen atoms in total. The van der Waals surface area contributed by atoms with Gasteiger partial charge in [-0.1, -0.05) is 34.6 Å². The number of pyridine rings is 2. The van der Waals surface area contributed by atoms with Crippen molar-refractivity contribution in [2.45, 2.75) is 77.7 Å². The molecule has 7 N–H and O–H groups in total. The molecule has 372 valence electrons. The molecule has 2 atom stereocenters. The van der Waals surface area contributed by atoms with Crippen LogP contribution in [0.3, 0.4) is 0 Å². The number of hydrogen-bond acceptors (Lipinski definition) is 17. The normalized spacial score (nSPS) is 16.3. The topological polar surface area (TPSA) is 255 Å². The average molecular weight is 973 g/mol. The van der Waals surface area contributed by atoms with E-state index in [4.69, 9.17) is 41.1 Å². The number of fused-ring (bicyclic) bond motifs is 2. The first-order chi connectivity index (χ1) is 34.0. The third-order valence-corrected chi connectivity index (χ3v) is 11.4. The summed E-state index contributed by atoms with van der Waals surface area (Å²) in [7, 11) is 3.09. The highest BCUT2D eigenvalue weighted by molar-refractivity contribution is 6.04. The van der Waals surface area contributed by atoms with Crippen molar-refractivity contribution in [2.24, 2.45) is 16.0 Å².